The molecule has 1 saturated heterocycles. The van der Waals surface area contributed by atoms with E-state index in [0.717, 1.165) is 11.7 Å². The lowest BCUT2D eigenvalue weighted by molar-refractivity contribution is -0.133. The fraction of sp³-hybridized carbons (Fsp3) is 0.714. The molecule has 1 N–H and O–H groups in total. The Bertz CT molecular complexity index is 454. The van der Waals surface area contributed by atoms with Crippen LogP contribution in [0.2, 0.25) is 0 Å². The Kier molecular flexibility index (Phi) is 5.84. The fourth-order valence-corrected chi connectivity index (χ4v) is 4.42. The standard InChI is InChI=1S/C14H22N2O2S2/c1-10(2)12-7-15-14(20-9-13(17)18)16(12)8-11-5-3-4-6-19-11/h7,10-11H,3-6,8-9H2,1-2H3,(H,17,18). The first-order valence-corrected chi connectivity index (χ1v) is 9.13. The second-order valence-corrected chi connectivity index (χ2v) is 7.75. The minimum atomic E-state index is -0.789. The van der Waals surface area contributed by atoms with Crippen LogP contribution in [0, 0.1) is 0 Å². The summed E-state index contributed by atoms with van der Waals surface area (Å²) in [6.45, 7) is 5.28. The molecule has 1 fully saturated rings. The van der Waals surface area contributed by atoms with Crippen molar-refractivity contribution in [3.05, 3.63) is 11.9 Å². The third kappa shape index (κ3) is 4.19. The molecule has 6 heteroatoms. The maximum atomic E-state index is 10.8. The minimum absolute atomic E-state index is 0.0758. The van der Waals surface area contributed by atoms with Crippen molar-refractivity contribution in [1.29, 1.82) is 0 Å². The Labute approximate surface area is 128 Å². The largest absolute Gasteiger partial charge is 0.481 e. The highest BCUT2D eigenvalue weighted by Crippen LogP contribution is 2.30. The van der Waals surface area contributed by atoms with Crippen LogP contribution in [0.4, 0.5) is 0 Å². The summed E-state index contributed by atoms with van der Waals surface area (Å²) in [5.41, 5.74) is 1.21. The van der Waals surface area contributed by atoms with Crippen LogP contribution >= 0.6 is 23.5 Å². The van der Waals surface area contributed by atoms with Gasteiger partial charge in [0.1, 0.15) is 0 Å². The molecule has 1 aliphatic heterocycles. The van der Waals surface area contributed by atoms with Crippen LogP contribution in [0.5, 0.6) is 0 Å². The fourth-order valence-electron chi connectivity index (χ4n) is 2.41. The summed E-state index contributed by atoms with van der Waals surface area (Å²) in [5.74, 6) is 0.943. The zero-order valence-electron chi connectivity index (χ0n) is 12.0. The molecule has 0 saturated carbocycles. The SMILES string of the molecule is CC(C)c1cnc(SCC(=O)O)n1CC1CCCCS1. The normalized spacial score (nSPS) is 19.4. The molecule has 1 unspecified atom stereocenters. The Hall–Kier alpha value is -0.620. The van der Waals surface area contributed by atoms with Crippen LogP contribution in [0.15, 0.2) is 11.4 Å². The van der Waals surface area contributed by atoms with E-state index in [4.69, 9.17) is 5.11 Å². The molecule has 2 rings (SSSR count). The lowest BCUT2D eigenvalue weighted by Crippen LogP contribution is -2.19. The molecule has 0 aromatic carbocycles. The highest BCUT2D eigenvalue weighted by atomic mass is 32.2. The Balaban J connectivity index is 2.12. The minimum Gasteiger partial charge on any atom is -0.481 e. The maximum absolute atomic E-state index is 10.8. The van der Waals surface area contributed by atoms with Crippen LogP contribution < -0.4 is 0 Å². The van der Waals surface area contributed by atoms with E-state index in [1.807, 2.05) is 18.0 Å². The summed E-state index contributed by atoms with van der Waals surface area (Å²) in [5, 5.41) is 10.3. The van der Waals surface area contributed by atoms with Crippen molar-refractivity contribution in [2.75, 3.05) is 11.5 Å². The number of thioether (sulfide) groups is 2. The summed E-state index contributed by atoms with van der Waals surface area (Å²) < 4.78 is 2.24. The third-order valence-electron chi connectivity index (χ3n) is 3.43. The van der Waals surface area contributed by atoms with Gasteiger partial charge in [0.2, 0.25) is 0 Å². The monoisotopic (exact) mass is 314 g/mol. The molecule has 1 aromatic rings. The first-order valence-electron chi connectivity index (χ1n) is 7.09. The molecule has 0 radical (unpaired) electrons. The van der Waals surface area contributed by atoms with Gasteiger partial charge in [0, 0.05) is 23.7 Å². The van der Waals surface area contributed by atoms with E-state index in [2.05, 4.69) is 23.4 Å². The molecular weight excluding hydrogens is 292 g/mol. The van der Waals surface area contributed by atoms with Gasteiger partial charge in [-0.1, -0.05) is 32.0 Å². The van der Waals surface area contributed by atoms with Crippen molar-refractivity contribution < 1.29 is 9.90 Å². The van der Waals surface area contributed by atoms with E-state index >= 15 is 0 Å². The summed E-state index contributed by atoms with van der Waals surface area (Å²) in [4.78, 5) is 15.2. The van der Waals surface area contributed by atoms with Gasteiger partial charge >= 0.3 is 5.97 Å². The van der Waals surface area contributed by atoms with Gasteiger partial charge in [-0.15, -0.1) is 0 Å². The van der Waals surface area contributed by atoms with Crippen LogP contribution in [0.3, 0.4) is 0 Å². The molecule has 1 atom stereocenters. The number of carboxylic acid groups (broad SMARTS) is 1. The Morgan fingerprint density at radius 1 is 1.60 bits per heavy atom. The molecule has 1 aromatic heterocycles. The molecule has 20 heavy (non-hydrogen) atoms. The summed E-state index contributed by atoms with van der Waals surface area (Å²) in [6.07, 6.45) is 5.79. The highest BCUT2D eigenvalue weighted by molar-refractivity contribution is 8.00. The van der Waals surface area contributed by atoms with Crippen LogP contribution in [0.1, 0.15) is 44.7 Å². The lowest BCUT2D eigenvalue weighted by Gasteiger charge is -2.24. The van der Waals surface area contributed by atoms with Crippen molar-refractivity contribution in [3.63, 3.8) is 0 Å². The topological polar surface area (TPSA) is 55.1 Å². The van der Waals surface area contributed by atoms with Crippen LogP contribution in [-0.2, 0) is 11.3 Å². The van der Waals surface area contributed by atoms with Gasteiger partial charge in [-0.2, -0.15) is 11.8 Å². The first-order chi connectivity index (χ1) is 9.58. The van der Waals surface area contributed by atoms with Gasteiger partial charge in [0.25, 0.3) is 0 Å². The predicted octanol–water partition coefficient (Wildman–Crippen LogP) is 3.47. The zero-order chi connectivity index (χ0) is 14.5. The van der Waals surface area contributed by atoms with Crippen molar-refractivity contribution in [2.24, 2.45) is 0 Å². The highest BCUT2D eigenvalue weighted by Gasteiger charge is 2.20. The summed E-state index contributed by atoms with van der Waals surface area (Å²) >= 11 is 3.37. The van der Waals surface area contributed by atoms with Crippen molar-refractivity contribution in [3.8, 4) is 0 Å². The zero-order valence-corrected chi connectivity index (χ0v) is 13.7. The number of hydrogen-bond donors (Lipinski definition) is 1. The van der Waals surface area contributed by atoms with E-state index < -0.39 is 5.97 Å². The van der Waals surface area contributed by atoms with Crippen LogP contribution in [-0.4, -0.2) is 37.4 Å². The van der Waals surface area contributed by atoms with E-state index in [0.29, 0.717) is 11.2 Å². The number of rotatable bonds is 6. The van der Waals surface area contributed by atoms with Gasteiger partial charge < -0.3 is 9.67 Å². The van der Waals surface area contributed by atoms with Crippen molar-refractivity contribution >= 4 is 29.5 Å². The Morgan fingerprint density at radius 3 is 3.00 bits per heavy atom. The van der Waals surface area contributed by atoms with Crippen molar-refractivity contribution in [1.82, 2.24) is 9.55 Å². The molecule has 2 heterocycles. The molecule has 112 valence electrons. The number of aromatic nitrogens is 2. The third-order valence-corrected chi connectivity index (χ3v) is 5.78. The Morgan fingerprint density at radius 2 is 2.40 bits per heavy atom. The quantitative estimate of drug-likeness (QED) is 0.815. The number of carboxylic acids is 1. The van der Waals surface area contributed by atoms with Gasteiger partial charge in [0.05, 0.1) is 5.75 Å². The number of imidazole rings is 1. The number of aliphatic carboxylic acids is 1. The first kappa shape index (κ1) is 15.8. The molecule has 0 amide bonds. The molecule has 4 nitrogen and oxygen atoms in total. The average molecular weight is 314 g/mol. The van der Waals surface area contributed by atoms with E-state index in [1.165, 1.54) is 42.5 Å². The van der Waals surface area contributed by atoms with Crippen LogP contribution in [0.25, 0.3) is 0 Å². The molecule has 1 aliphatic rings. The maximum Gasteiger partial charge on any atom is 0.313 e. The molecule has 0 bridgehead atoms. The van der Waals surface area contributed by atoms with E-state index in [9.17, 15) is 4.79 Å². The van der Waals surface area contributed by atoms with E-state index in [1.54, 1.807) is 0 Å². The van der Waals surface area contributed by atoms with Gasteiger partial charge in [-0.3, -0.25) is 4.79 Å². The van der Waals surface area contributed by atoms with E-state index in [-0.39, 0.29) is 5.75 Å². The molecular formula is C14H22N2O2S2. The predicted molar refractivity (Wildman–Crippen MR) is 84.8 cm³/mol. The number of nitrogens with zero attached hydrogens (tertiary/aromatic N) is 2. The number of hydrogen-bond acceptors (Lipinski definition) is 4. The summed E-state index contributed by atoms with van der Waals surface area (Å²) in [6, 6.07) is 0. The van der Waals surface area contributed by atoms with Gasteiger partial charge in [-0.05, 0) is 24.5 Å². The van der Waals surface area contributed by atoms with Gasteiger partial charge in [0.15, 0.2) is 5.16 Å². The lowest BCUT2D eigenvalue weighted by atomic mass is 10.1. The molecule has 0 spiro atoms. The summed E-state index contributed by atoms with van der Waals surface area (Å²) in [7, 11) is 0. The van der Waals surface area contributed by atoms with Gasteiger partial charge in [-0.25, -0.2) is 4.98 Å². The second-order valence-electron chi connectivity index (χ2n) is 5.40. The number of carbonyl (C=O) groups is 1. The smallest absolute Gasteiger partial charge is 0.313 e. The average Bonchev–Trinajstić information content (AvgIpc) is 2.80. The second kappa shape index (κ2) is 7.41. The molecule has 0 aliphatic carbocycles. The van der Waals surface area contributed by atoms with Crippen molar-refractivity contribution in [2.45, 2.75) is 56.0 Å².